The molecule has 39 heavy (non-hydrogen) atoms. The summed E-state index contributed by atoms with van der Waals surface area (Å²) in [6, 6.07) is 17.0. The second kappa shape index (κ2) is 12.9. The van der Waals surface area contributed by atoms with Crippen LogP contribution in [0.15, 0.2) is 71.6 Å². The molecule has 3 aromatic carbocycles. The van der Waals surface area contributed by atoms with Gasteiger partial charge in [-0.15, -0.1) is 0 Å². The van der Waals surface area contributed by atoms with Gasteiger partial charge in [0.05, 0.1) is 24.8 Å². The molecule has 0 bridgehead atoms. The maximum absolute atomic E-state index is 13.9. The molecule has 2 amide bonds. The first kappa shape index (κ1) is 29.8. The molecule has 0 aliphatic rings. The Morgan fingerprint density at radius 2 is 1.56 bits per heavy atom. The van der Waals surface area contributed by atoms with Gasteiger partial charge in [-0.2, -0.15) is 0 Å². The number of likely N-dealkylation sites (N-methyl/N-ethyl adjacent to an activating group) is 1. The zero-order valence-corrected chi connectivity index (χ0v) is 24.0. The van der Waals surface area contributed by atoms with Gasteiger partial charge in [0.15, 0.2) is 11.5 Å². The highest BCUT2D eigenvalue weighted by molar-refractivity contribution is 7.92. The Kier molecular flexibility index (Phi) is 9.82. The molecule has 3 aromatic rings. The van der Waals surface area contributed by atoms with Crippen molar-refractivity contribution in [2.75, 3.05) is 32.1 Å². The molecule has 0 unspecified atom stereocenters. The molecule has 1 atom stereocenters. The number of sulfonamides is 1. The number of ether oxygens (including phenoxy) is 2. The highest BCUT2D eigenvalue weighted by Crippen LogP contribution is 2.32. The molecule has 0 aliphatic heterocycles. The first-order valence-corrected chi connectivity index (χ1v) is 13.9. The van der Waals surface area contributed by atoms with Crippen LogP contribution in [-0.2, 0) is 26.2 Å². The largest absolute Gasteiger partial charge is 0.493 e. The molecule has 11 heteroatoms. The Balaban J connectivity index is 2.06. The number of aryl methyl sites for hydroxylation is 1. The van der Waals surface area contributed by atoms with E-state index in [0.717, 1.165) is 15.4 Å². The number of hydrogen-bond acceptors (Lipinski definition) is 6. The monoisotopic (exact) mass is 573 g/mol. The van der Waals surface area contributed by atoms with E-state index in [1.165, 1.54) is 68.6 Å². The van der Waals surface area contributed by atoms with E-state index >= 15 is 0 Å². The van der Waals surface area contributed by atoms with Gasteiger partial charge >= 0.3 is 0 Å². The van der Waals surface area contributed by atoms with Gasteiger partial charge in [0.25, 0.3) is 10.0 Å². The Labute approximate surface area is 234 Å². The fourth-order valence-corrected chi connectivity index (χ4v) is 5.48. The maximum atomic E-state index is 13.9. The van der Waals surface area contributed by atoms with E-state index in [1.807, 2.05) is 31.2 Å². The van der Waals surface area contributed by atoms with Crippen molar-refractivity contribution >= 4 is 39.1 Å². The van der Waals surface area contributed by atoms with Crippen LogP contribution in [0.3, 0.4) is 0 Å². The molecule has 0 spiro atoms. The van der Waals surface area contributed by atoms with Gasteiger partial charge < -0.3 is 19.7 Å². The van der Waals surface area contributed by atoms with Crippen molar-refractivity contribution in [2.45, 2.75) is 31.3 Å². The second-order valence-electron chi connectivity index (χ2n) is 8.80. The lowest BCUT2D eigenvalue weighted by molar-refractivity contribution is -0.139. The van der Waals surface area contributed by atoms with E-state index in [9.17, 15) is 18.0 Å². The number of benzene rings is 3. The number of methoxy groups -OCH3 is 2. The predicted octanol–water partition coefficient (Wildman–Crippen LogP) is 4.02. The van der Waals surface area contributed by atoms with Crippen molar-refractivity contribution < 1.29 is 27.5 Å². The van der Waals surface area contributed by atoms with Crippen LogP contribution in [0.25, 0.3) is 0 Å². The quantitative estimate of drug-likeness (QED) is 0.371. The lowest BCUT2D eigenvalue weighted by Gasteiger charge is -2.32. The third-order valence-electron chi connectivity index (χ3n) is 6.22. The highest BCUT2D eigenvalue weighted by Gasteiger charge is 2.32. The van der Waals surface area contributed by atoms with Crippen molar-refractivity contribution in [1.82, 2.24) is 10.2 Å². The number of carbonyl (C=O) groups excluding carboxylic acids is 2. The second-order valence-corrected chi connectivity index (χ2v) is 11.1. The van der Waals surface area contributed by atoms with Crippen LogP contribution in [0.1, 0.15) is 18.1 Å². The summed E-state index contributed by atoms with van der Waals surface area (Å²) < 4.78 is 39.4. The maximum Gasteiger partial charge on any atom is 0.264 e. The average molecular weight is 574 g/mol. The first-order valence-electron chi connectivity index (χ1n) is 12.1. The minimum Gasteiger partial charge on any atom is -0.493 e. The number of anilines is 1. The molecular weight excluding hydrogens is 542 g/mol. The number of halogens is 1. The van der Waals surface area contributed by atoms with E-state index in [0.29, 0.717) is 10.8 Å². The minimum atomic E-state index is -4.28. The number of carbonyl (C=O) groups is 2. The lowest BCUT2D eigenvalue weighted by atomic mass is 10.1. The van der Waals surface area contributed by atoms with Crippen LogP contribution in [0.2, 0.25) is 5.02 Å². The first-order chi connectivity index (χ1) is 18.5. The number of hydrogen-bond donors (Lipinski definition) is 1. The molecular formula is C28H32ClN3O6S. The number of nitrogens with zero attached hydrogens (tertiary/aromatic N) is 2. The van der Waals surface area contributed by atoms with Gasteiger partial charge in [-0.3, -0.25) is 13.9 Å². The third kappa shape index (κ3) is 7.01. The van der Waals surface area contributed by atoms with Crippen molar-refractivity contribution in [1.29, 1.82) is 0 Å². The van der Waals surface area contributed by atoms with Gasteiger partial charge in [0.2, 0.25) is 11.8 Å². The summed E-state index contributed by atoms with van der Waals surface area (Å²) in [5.74, 6) is -0.369. The summed E-state index contributed by atoms with van der Waals surface area (Å²) in [5, 5.41) is 2.97. The van der Waals surface area contributed by atoms with E-state index in [2.05, 4.69) is 5.32 Å². The van der Waals surface area contributed by atoms with Gasteiger partial charge in [-0.05, 0) is 55.8 Å². The number of nitrogens with one attached hydrogen (secondary N) is 1. The summed E-state index contributed by atoms with van der Waals surface area (Å²) >= 11 is 6.05. The van der Waals surface area contributed by atoms with Crippen molar-refractivity contribution in [2.24, 2.45) is 0 Å². The van der Waals surface area contributed by atoms with Gasteiger partial charge in [-0.25, -0.2) is 8.42 Å². The molecule has 1 N–H and O–H groups in total. The standard InChI is InChI=1S/C28H32ClN3O6S/c1-19-6-8-21(9-7-19)17-31(20(2)28(34)30-3)27(33)18-32(23-12-10-22(29)11-13-23)39(35,36)24-14-15-25(37-4)26(16-24)38-5/h6-16,20H,17-18H2,1-5H3,(H,30,34)/t20-/m0/s1. The zero-order chi connectivity index (χ0) is 28.7. The zero-order valence-electron chi connectivity index (χ0n) is 22.5. The molecule has 0 heterocycles. The summed E-state index contributed by atoms with van der Waals surface area (Å²) in [4.78, 5) is 27.6. The molecule has 0 aromatic heterocycles. The summed E-state index contributed by atoms with van der Waals surface area (Å²) in [6.07, 6.45) is 0. The van der Waals surface area contributed by atoms with Crippen LogP contribution in [0.5, 0.6) is 11.5 Å². The summed E-state index contributed by atoms with van der Waals surface area (Å²) in [6.45, 7) is 3.09. The normalized spacial score (nSPS) is 11.8. The van der Waals surface area contributed by atoms with Crippen molar-refractivity contribution in [3.63, 3.8) is 0 Å². The molecule has 0 saturated heterocycles. The fourth-order valence-electron chi connectivity index (χ4n) is 3.92. The smallest absolute Gasteiger partial charge is 0.264 e. The minimum absolute atomic E-state index is 0.104. The molecule has 0 radical (unpaired) electrons. The Bertz CT molecular complexity index is 1410. The Morgan fingerprint density at radius 1 is 0.949 bits per heavy atom. The van der Waals surface area contributed by atoms with Crippen molar-refractivity contribution in [3.05, 3.63) is 82.9 Å². The fraction of sp³-hybridized carbons (Fsp3) is 0.286. The lowest BCUT2D eigenvalue weighted by Crippen LogP contribution is -2.50. The van der Waals surface area contributed by atoms with E-state index in [-0.39, 0.29) is 28.8 Å². The molecule has 3 rings (SSSR count). The van der Waals surface area contributed by atoms with Crippen LogP contribution in [0, 0.1) is 6.92 Å². The topological polar surface area (TPSA) is 105 Å². The Morgan fingerprint density at radius 3 is 2.13 bits per heavy atom. The van der Waals surface area contributed by atoms with E-state index in [4.69, 9.17) is 21.1 Å². The van der Waals surface area contributed by atoms with Gasteiger partial charge in [-0.1, -0.05) is 41.4 Å². The predicted molar refractivity (Wildman–Crippen MR) is 151 cm³/mol. The van der Waals surface area contributed by atoms with Crippen LogP contribution in [0.4, 0.5) is 5.69 Å². The number of amides is 2. The van der Waals surface area contributed by atoms with E-state index < -0.39 is 28.5 Å². The third-order valence-corrected chi connectivity index (χ3v) is 8.25. The van der Waals surface area contributed by atoms with E-state index in [1.54, 1.807) is 6.92 Å². The van der Waals surface area contributed by atoms with Crippen LogP contribution < -0.4 is 19.1 Å². The van der Waals surface area contributed by atoms with Gasteiger partial charge in [0, 0.05) is 24.7 Å². The molecule has 0 aliphatic carbocycles. The Hall–Kier alpha value is -3.76. The average Bonchev–Trinajstić information content (AvgIpc) is 2.94. The number of rotatable bonds is 11. The molecule has 9 nitrogen and oxygen atoms in total. The molecule has 0 saturated carbocycles. The summed E-state index contributed by atoms with van der Waals surface area (Å²) in [5.41, 5.74) is 2.07. The SMILES string of the molecule is CNC(=O)[C@H](C)N(Cc1ccc(C)cc1)C(=O)CN(c1ccc(Cl)cc1)S(=O)(=O)c1ccc(OC)c(OC)c1. The molecule has 0 fully saturated rings. The van der Waals surface area contributed by atoms with Crippen LogP contribution >= 0.6 is 11.6 Å². The molecule has 208 valence electrons. The summed E-state index contributed by atoms with van der Waals surface area (Å²) in [7, 11) is 0.0506. The van der Waals surface area contributed by atoms with Gasteiger partial charge in [0.1, 0.15) is 12.6 Å². The highest BCUT2D eigenvalue weighted by atomic mass is 35.5. The van der Waals surface area contributed by atoms with Crippen LogP contribution in [-0.4, -0.2) is 59.0 Å². The van der Waals surface area contributed by atoms with Crippen molar-refractivity contribution in [3.8, 4) is 11.5 Å².